The van der Waals surface area contributed by atoms with E-state index < -0.39 is 0 Å². The van der Waals surface area contributed by atoms with E-state index in [4.69, 9.17) is 0 Å². The lowest BCUT2D eigenvalue weighted by Gasteiger charge is -1.63. The molecule has 0 aliphatic carbocycles. The van der Waals surface area contributed by atoms with Gasteiger partial charge in [0.1, 0.15) is 0 Å². The molecule has 0 aromatic carbocycles. The first-order chi connectivity index (χ1) is 1.91. The minimum atomic E-state index is 0.958. The molecule has 0 radical (unpaired) electrons. The highest BCUT2D eigenvalue weighted by molar-refractivity contribution is 4.51. The Labute approximate surface area is 24.1 Å². The summed E-state index contributed by atoms with van der Waals surface area (Å²) in [5, 5.41) is 0. The van der Waals surface area contributed by atoms with E-state index in [0.717, 1.165) is 6.20 Å². The summed E-state index contributed by atoms with van der Waals surface area (Å²) in [6, 6.07) is 0. The van der Waals surface area contributed by atoms with Crippen LogP contribution in [0, 0.1) is 0 Å². The monoisotopic (exact) mass is 61.0 g/mol. The number of hydrogen-bond donors (Lipinski definition) is 1. The summed E-state index contributed by atoms with van der Waals surface area (Å²) >= 11 is 0. The fraction of sp³-hybridized carbons (Fsp3) is 0. The summed E-state index contributed by atoms with van der Waals surface area (Å²) in [6.07, 6.45) is 0.958. The first-order valence-electron chi connectivity index (χ1n) is 0.886. The van der Waals surface area contributed by atoms with Crippen molar-refractivity contribution in [3.05, 3.63) is 12.8 Å². The van der Waals surface area contributed by atoms with Gasteiger partial charge < -0.3 is 0 Å². The summed E-state index contributed by atoms with van der Waals surface area (Å²) in [6.45, 7) is 2.99. The molecule has 0 rings (SSSR count). The van der Waals surface area contributed by atoms with Crippen molar-refractivity contribution in [3.8, 4) is 0 Å². The lowest BCUT2D eigenvalue weighted by atomic mass is 11.1. The topological polar surface area (TPSA) is 12.0 Å². The smallest absolute Gasteiger partial charge is 0.0222 e. The van der Waals surface area contributed by atoms with Crippen molar-refractivity contribution < 1.29 is 4.48 Å². The molecule has 4 heavy (non-hydrogen) atoms. The fourth-order valence-corrected chi connectivity index (χ4v) is 0. The Morgan fingerprint density at radius 2 is 2.25 bits per heavy atom. The molecule has 24 valence electrons. The predicted octanol–water partition coefficient (Wildman–Crippen LogP) is 0.604. The molecule has 0 atom stereocenters. The van der Waals surface area contributed by atoms with Gasteiger partial charge in [-0.25, -0.2) is 5.54 Å². The second-order valence-corrected chi connectivity index (χ2v) is 0.313. The molecule has 0 spiro atoms. The molecule has 1 N–H and O–H groups in total. The van der Waals surface area contributed by atoms with Crippen molar-refractivity contribution >= 4 is 0 Å². The van der Waals surface area contributed by atoms with Crippen LogP contribution in [0.5, 0.6) is 0 Å². The van der Waals surface area contributed by atoms with Gasteiger partial charge in [0.15, 0.2) is 0 Å². The number of rotatable bonds is 1. The molecule has 0 heterocycles. The third-order valence-electron chi connectivity index (χ3n) is 0.0772. The number of hydrogen-bond acceptors (Lipinski definition) is 1. The average Bonchev–Trinajstić information content (AvgIpc) is 1.37. The summed E-state index contributed by atoms with van der Waals surface area (Å²) in [5.41, 5.74) is 1.19. The fourth-order valence-electron chi connectivity index (χ4n) is 0. The van der Waals surface area contributed by atoms with Crippen molar-refractivity contribution in [2.24, 2.45) is 0 Å². The molecule has 0 aliphatic heterocycles. The summed E-state index contributed by atoms with van der Waals surface area (Å²) < 4.78 is 10.4. The van der Waals surface area contributed by atoms with Crippen LogP contribution < -0.4 is 5.54 Å². The second-order valence-electron chi connectivity index (χ2n) is 0.313. The third kappa shape index (κ3) is 1.47. The minimum Gasteiger partial charge on any atom is -0.232 e. The Bertz CT molecular complexity index is 20.0. The Balaban J connectivity index is 2.30. The summed E-state index contributed by atoms with van der Waals surface area (Å²) in [7, 11) is 0. The van der Waals surface area contributed by atoms with Crippen LogP contribution >= 0.6 is 0 Å². The Morgan fingerprint density at radius 1 is 2.00 bits per heavy atom. The lowest BCUT2D eigenvalue weighted by molar-refractivity contribution is 0.407. The van der Waals surface area contributed by atoms with Crippen LogP contribution in [0.3, 0.4) is 0 Å². The van der Waals surface area contributed by atoms with Crippen molar-refractivity contribution in [1.29, 1.82) is 0 Å². The molecule has 0 saturated carbocycles. The van der Waals surface area contributed by atoms with Crippen LogP contribution in [0.1, 0.15) is 0 Å². The number of halogens is 1. The maximum Gasteiger partial charge on any atom is 0.0222 e. The van der Waals surface area contributed by atoms with Crippen molar-refractivity contribution in [1.82, 2.24) is 5.54 Å². The molecule has 0 aromatic heterocycles. The Morgan fingerprint density at radius 3 is 2.25 bits per heavy atom. The number of nitrogens with one attached hydrogen (secondary N) is 1. The first kappa shape index (κ1) is 3.47. The van der Waals surface area contributed by atoms with Gasteiger partial charge in [-0.15, -0.1) is 4.48 Å². The van der Waals surface area contributed by atoms with E-state index in [1.165, 1.54) is 5.54 Å². The Kier molecular flexibility index (Phi) is 2.14. The van der Waals surface area contributed by atoms with Crippen LogP contribution in [-0.2, 0) is 0 Å². The molecular formula is C2H4FN. The van der Waals surface area contributed by atoms with E-state index in [1.54, 1.807) is 0 Å². The zero-order valence-electron chi connectivity index (χ0n) is 2.16. The molecular weight excluding hydrogens is 57.0 g/mol. The van der Waals surface area contributed by atoms with E-state index >= 15 is 0 Å². The molecule has 0 bridgehead atoms. The van der Waals surface area contributed by atoms with Gasteiger partial charge in [-0.1, -0.05) is 6.58 Å². The summed E-state index contributed by atoms with van der Waals surface area (Å²) in [4.78, 5) is 0. The van der Waals surface area contributed by atoms with Crippen molar-refractivity contribution in [3.63, 3.8) is 0 Å². The van der Waals surface area contributed by atoms with Crippen LogP contribution in [0.2, 0.25) is 0 Å². The standard InChI is InChI=1S/C2H4FN/c1-2-4-3/h2,4H,1H2. The van der Waals surface area contributed by atoms with Crippen LogP contribution in [0.25, 0.3) is 0 Å². The molecule has 2 heteroatoms. The minimum absolute atomic E-state index is 0.958. The largest absolute Gasteiger partial charge is 0.232 e. The average molecular weight is 61.1 g/mol. The molecule has 0 fully saturated rings. The van der Waals surface area contributed by atoms with Crippen molar-refractivity contribution in [2.75, 3.05) is 0 Å². The second kappa shape index (κ2) is 2.47. The van der Waals surface area contributed by atoms with Crippen LogP contribution in [-0.4, -0.2) is 0 Å². The van der Waals surface area contributed by atoms with Gasteiger partial charge in [0, 0.05) is 6.20 Å². The SMILES string of the molecule is C=CNF. The van der Waals surface area contributed by atoms with Gasteiger partial charge in [-0.2, -0.15) is 0 Å². The summed E-state index contributed by atoms with van der Waals surface area (Å²) in [5.74, 6) is 0. The molecule has 0 unspecified atom stereocenters. The van der Waals surface area contributed by atoms with Crippen LogP contribution in [0.4, 0.5) is 4.48 Å². The molecule has 0 aromatic rings. The lowest BCUT2D eigenvalue weighted by Crippen LogP contribution is -1.77. The highest BCUT2D eigenvalue weighted by Gasteiger charge is 1.40. The van der Waals surface area contributed by atoms with E-state index in [-0.39, 0.29) is 0 Å². The predicted molar refractivity (Wildman–Crippen MR) is 14.4 cm³/mol. The van der Waals surface area contributed by atoms with Crippen LogP contribution in [0.15, 0.2) is 12.8 Å². The van der Waals surface area contributed by atoms with E-state index in [1.807, 2.05) is 0 Å². The van der Waals surface area contributed by atoms with Gasteiger partial charge in [-0.05, 0) is 0 Å². The maximum atomic E-state index is 10.4. The highest BCUT2D eigenvalue weighted by Crippen LogP contribution is 1.43. The third-order valence-corrected chi connectivity index (χ3v) is 0.0772. The normalized spacial score (nSPS) is 5.25. The van der Waals surface area contributed by atoms with Gasteiger partial charge in [-0.3, -0.25) is 0 Å². The van der Waals surface area contributed by atoms with E-state index in [0.29, 0.717) is 0 Å². The maximum absolute atomic E-state index is 10.4. The van der Waals surface area contributed by atoms with Gasteiger partial charge >= 0.3 is 0 Å². The Hall–Kier alpha value is -0.530. The van der Waals surface area contributed by atoms with E-state index in [9.17, 15) is 4.48 Å². The van der Waals surface area contributed by atoms with E-state index in [2.05, 4.69) is 6.58 Å². The van der Waals surface area contributed by atoms with Gasteiger partial charge in [0.05, 0.1) is 0 Å². The molecule has 0 amide bonds. The molecule has 0 aliphatic rings. The first-order valence-corrected chi connectivity index (χ1v) is 0.886. The molecule has 1 nitrogen and oxygen atoms in total. The highest BCUT2D eigenvalue weighted by atomic mass is 19.2. The van der Waals surface area contributed by atoms with Gasteiger partial charge in [0.2, 0.25) is 0 Å². The quantitative estimate of drug-likeness (QED) is 0.438. The van der Waals surface area contributed by atoms with Gasteiger partial charge in [0.25, 0.3) is 0 Å². The zero-order chi connectivity index (χ0) is 3.41. The van der Waals surface area contributed by atoms with Crippen molar-refractivity contribution in [2.45, 2.75) is 0 Å². The molecule has 0 saturated heterocycles. The zero-order valence-corrected chi connectivity index (χ0v) is 2.16.